The van der Waals surface area contributed by atoms with E-state index >= 15 is 0 Å². The topological polar surface area (TPSA) is 99.3 Å². The molecule has 31 heavy (non-hydrogen) atoms. The molecule has 0 unspecified atom stereocenters. The number of anilines is 2. The second kappa shape index (κ2) is 8.19. The van der Waals surface area contributed by atoms with E-state index in [-0.39, 0.29) is 12.5 Å². The molecular formula is C22H22N4O5. The second-order valence-electron chi connectivity index (χ2n) is 7.61. The summed E-state index contributed by atoms with van der Waals surface area (Å²) >= 11 is 0. The van der Waals surface area contributed by atoms with Gasteiger partial charge < -0.3 is 19.9 Å². The summed E-state index contributed by atoms with van der Waals surface area (Å²) in [6.07, 6.45) is 0. The van der Waals surface area contributed by atoms with E-state index in [2.05, 4.69) is 5.32 Å². The molecule has 0 saturated carbocycles. The Morgan fingerprint density at radius 3 is 2.35 bits per heavy atom. The number of hydrogen-bond donors (Lipinski definition) is 1. The first-order valence-corrected chi connectivity index (χ1v) is 9.82. The summed E-state index contributed by atoms with van der Waals surface area (Å²) in [5.41, 5.74) is 1.67. The van der Waals surface area contributed by atoms with Crippen LogP contribution in [0.15, 0.2) is 42.5 Å². The summed E-state index contributed by atoms with van der Waals surface area (Å²) in [5, 5.41) is 2.69. The molecule has 9 heteroatoms. The Bertz CT molecular complexity index is 1050. The van der Waals surface area contributed by atoms with E-state index in [1.54, 1.807) is 47.4 Å². The van der Waals surface area contributed by atoms with Crippen molar-refractivity contribution in [3.63, 3.8) is 0 Å². The molecule has 0 bridgehead atoms. The van der Waals surface area contributed by atoms with Gasteiger partial charge >= 0.3 is 0 Å². The highest BCUT2D eigenvalue weighted by molar-refractivity contribution is 6.22. The third kappa shape index (κ3) is 3.99. The van der Waals surface area contributed by atoms with Gasteiger partial charge in [-0.05, 0) is 38.4 Å². The number of likely N-dealkylation sites (N-methyl/N-ethyl adjacent to an activating group) is 1. The molecule has 9 nitrogen and oxygen atoms in total. The number of rotatable bonds is 6. The van der Waals surface area contributed by atoms with Gasteiger partial charge in [-0.3, -0.25) is 24.1 Å². The van der Waals surface area contributed by atoms with Crippen molar-refractivity contribution in [2.75, 3.05) is 50.6 Å². The highest BCUT2D eigenvalue weighted by Gasteiger charge is 2.36. The van der Waals surface area contributed by atoms with E-state index in [0.29, 0.717) is 41.3 Å². The molecule has 0 radical (unpaired) electrons. The molecule has 160 valence electrons. The van der Waals surface area contributed by atoms with Crippen LogP contribution >= 0.6 is 0 Å². The van der Waals surface area contributed by atoms with Crippen molar-refractivity contribution >= 4 is 35.0 Å². The van der Waals surface area contributed by atoms with Crippen molar-refractivity contribution in [3.8, 4) is 5.75 Å². The Morgan fingerprint density at radius 1 is 1.03 bits per heavy atom. The predicted octanol–water partition coefficient (Wildman–Crippen LogP) is 1.21. The van der Waals surface area contributed by atoms with Crippen LogP contribution in [0.5, 0.6) is 5.75 Å². The van der Waals surface area contributed by atoms with Crippen LogP contribution in [-0.4, -0.2) is 73.8 Å². The lowest BCUT2D eigenvalue weighted by Crippen LogP contribution is -2.42. The molecular weight excluding hydrogens is 400 g/mol. The van der Waals surface area contributed by atoms with Gasteiger partial charge in [-0.15, -0.1) is 0 Å². The van der Waals surface area contributed by atoms with Crippen LogP contribution in [0.1, 0.15) is 20.7 Å². The number of imide groups is 1. The summed E-state index contributed by atoms with van der Waals surface area (Å²) in [6, 6.07) is 11.5. The maximum atomic E-state index is 12.5. The van der Waals surface area contributed by atoms with E-state index < -0.39 is 24.3 Å². The van der Waals surface area contributed by atoms with Crippen molar-refractivity contribution in [2.45, 2.75) is 0 Å². The van der Waals surface area contributed by atoms with Gasteiger partial charge in [-0.1, -0.05) is 12.1 Å². The minimum Gasteiger partial charge on any atom is -0.481 e. The van der Waals surface area contributed by atoms with Crippen LogP contribution in [0.2, 0.25) is 0 Å². The van der Waals surface area contributed by atoms with Crippen molar-refractivity contribution in [1.29, 1.82) is 0 Å². The van der Waals surface area contributed by atoms with Crippen LogP contribution in [0.3, 0.4) is 0 Å². The van der Waals surface area contributed by atoms with E-state index in [1.807, 2.05) is 19.0 Å². The number of amides is 4. The molecule has 0 saturated heterocycles. The average Bonchev–Trinajstić information content (AvgIpc) is 2.98. The van der Waals surface area contributed by atoms with Gasteiger partial charge in [-0.2, -0.15) is 0 Å². The quantitative estimate of drug-likeness (QED) is 0.703. The third-order valence-electron chi connectivity index (χ3n) is 5.14. The molecule has 1 N–H and O–H groups in total. The fourth-order valence-corrected chi connectivity index (χ4v) is 3.55. The summed E-state index contributed by atoms with van der Waals surface area (Å²) in [5.74, 6) is -1.13. The molecule has 2 aromatic rings. The number of hydrogen-bond acceptors (Lipinski definition) is 6. The van der Waals surface area contributed by atoms with Gasteiger partial charge in [0.2, 0.25) is 5.91 Å². The molecule has 0 fully saturated rings. The maximum Gasteiger partial charge on any atom is 0.265 e. The first-order chi connectivity index (χ1) is 14.8. The fraction of sp³-hybridized carbons (Fsp3) is 0.273. The Kier molecular flexibility index (Phi) is 5.43. The first kappa shape index (κ1) is 20.5. The highest BCUT2D eigenvalue weighted by Crippen LogP contribution is 2.34. The minimum atomic E-state index is -0.509. The number of ether oxygens (including phenoxy) is 1. The molecule has 0 aliphatic carbocycles. The number of benzene rings is 2. The molecule has 4 rings (SSSR count). The van der Waals surface area contributed by atoms with Gasteiger partial charge in [0.25, 0.3) is 17.7 Å². The van der Waals surface area contributed by atoms with Crippen molar-refractivity contribution in [1.82, 2.24) is 9.80 Å². The van der Waals surface area contributed by atoms with Crippen LogP contribution in [-0.2, 0) is 9.59 Å². The molecule has 4 amide bonds. The smallest absolute Gasteiger partial charge is 0.265 e. The van der Waals surface area contributed by atoms with Crippen LogP contribution in [0.25, 0.3) is 0 Å². The van der Waals surface area contributed by atoms with Crippen LogP contribution in [0, 0.1) is 0 Å². The normalized spacial score (nSPS) is 15.1. The van der Waals surface area contributed by atoms with E-state index in [1.165, 1.54) is 0 Å². The Labute approximate surface area is 179 Å². The van der Waals surface area contributed by atoms with Gasteiger partial charge in [0.1, 0.15) is 12.3 Å². The number of fused-ring (bicyclic) bond motifs is 2. The number of carbonyl (C=O) groups excluding carboxylic acids is 4. The molecule has 2 aromatic carbocycles. The highest BCUT2D eigenvalue weighted by atomic mass is 16.5. The molecule has 0 aromatic heterocycles. The van der Waals surface area contributed by atoms with E-state index in [9.17, 15) is 19.2 Å². The first-order valence-electron chi connectivity index (χ1n) is 9.82. The maximum absolute atomic E-state index is 12.5. The number of carbonyl (C=O) groups is 4. The van der Waals surface area contributed by atoms with Crippen LogP contribution < -0.4 is 15.0 Å². The lowest BCUT2D eigenvalue weighted by atomic mass is 10.1. The number of nitrogens with zero attached hydrogens (tertiary/aromatic N) is 3. The van der Waals surface area contributed by atoms with Crippen molar-refractivity contribution in [3.05, 3.63) is 53.6 Å². The average molecular weight is 422 g/mol. The number of nitrogens with one attached hydrogen (secondary N) is 1. The predicted molar refractivity (Wildman–Crippen MR) is 113 cm³/mol. The summed E-state index contributed by atoms with van der Waals surface area (Å²) in [6.45, 7) is 0.752. The van der Waals surface area contributed by atoms with Crippen molar-refractivity contribution in [2.24, 2.45) is 0 Å². The Hall–Kier alpha value is -3.72. The monoisotopic (exact) mass is 422 g/mol. The zero-order valence-electron chi connectivity index (χ0n) is 17.3. The van der Waals surface area contributed by atoms with Crippen molar-refractivity contribution < 1.29 is 23.9 Å². The summed E-state index contributed by atoms with van der Waals surface area (Å²) in [4.78, 5) is 54.1. The van der Waals surface area contributed by atoms with Gasteiger partial charge in [-0.25, -0.2) is 0 Å². The Balaban J connectivity index is 1.45. The largest absolute Gasteiger partial charge is 0.481 e. The van der Waals surface area contributed by atoms with Gasteiger partial charge in [0.15, 0.2) is 6.61 Å². The van der Waals surface area contributed by atoms with E-state index in [0.717, 1.165) is 4.90 Å². The van der Waals surface area contributed by atoms with Gasteiger partial charge in [0.05, 0.1) is 16.8 Å². The molecule has 0 atom stereocenters. The zero-order valence-corrected chi connectivity index (χ0v) is 17.3. The summed E-state index contributed by atoms with van der Waals surface area (Å²) in [7, 11) is 3.86. The lowest BCUT2D eigenvalue weighted by molar-refractivity contribution is -0.121. The zero-order chi connectivity index (χ0) is 22.1. The fourth-order valence-electron chi connectivity index (χ4n) is 3.55. The van der Waals surface area contributed by atoms with Gasteiger partial charge in [0, 0.05) is 24.8 Å². The molecule has 0 spiro atoms. The second-order valence-corrected chi connectivity index (χ2v) is 7.61. The third-order valence-corrected chi connectivity index (χ3v) is 5.14. The Morgan fingerprint density at radius 2 is 1.71 bits per heavy atom. The molecule has 2 aliphatic rings. The summed E-state index contributed by atoms with van der Waals surface area (Å²) < 4.78 is 5.53. The minimum absolute atomic E-state index is 0.0765. The SMILES string of the molecule is CN(C)CCN1C(=O)COc2cc(NC(=O)CN3C(=O)c4ccccc4C3=O)ccc21. The van der Waals surface area contributed by atoms with Crippen LogP contribution in [0.4, 0.5) is 11.4 Å². The molecule has 2 heterocycles. The standard InChI is InChI=1S/C22H22N4O5/c1-24(2)9-10-25-17-8-7-14(11-18(17)31-13-20(25)28)23-19(27)12-26-21(29)15-5-3-4-6-16(15)22(26)30/h3-8,11H,9-10,12-13H2,1-2H3,(H,23,27). The lowest BCUT2D eigenvalue weighted by Gasteiger charge is -2.30. The molecule has 2 aliphatic heterocycles. The van der Waals surface area contributed by atoms with E-state index in [4.69, 9.17) is 4.74 Å².